The normalized spacial score (nSPS) is 10.5. The van der Waals surface area contributed by atoms with Crippen molar-refractivity contribution < 1.29 is 19.0 Å². The van der Waals surface area contributed by atoms with Gasteiger partial charge in [-0.2, -0.15) is 0 Å². The Balaban J connectivity index is 1.93. The molecule has 0 spiro atoms. The van der Waals surface area contributed by atoms with Crippen LogP contribution in [0.3, 0.4) is 0 Å². The van der Waals surface area contributed by atoms with Gasteiger partial charge in [0.05, 0.1) is 25.3 Å². The molecule has 0 saturated carbocycles. The number of hydrogen-bond donors (Lipinski definition) is 1. The van der Waals surface area contributed by atoms with Crippen molar-refractivity contribution in [2.75, 3.05) is 14.2 Å². The highest BCUT2D eigenvalue weighted by molar-refractivity contribution is 5.96. The van der Waals surface area contributed by atoms with Gasteiger partial charge < -0.3 is 19.2 Å². The fourth-order valence-corrected chi connectivity index (χ4v) is 2.22. The standard InChI is InChI=1S/C17H15NO4/c1-20-12-4-3-5-13(9-12)22-16-10-18-15-8-11(17(19)21-2)6-7-14(15)16/h3-10,18H,1-2H3. The number of fused-ring (bicyclic) bond motifs is 1. The molecule has 5 nitrogen and oxygen atoms in total. The van der Waals surface area contributed by atoms with Crippen LogP contribution in [0.4, 0.5) is 0 Å². The van der Waals surface area contributed by atoms with Crippen molar-refractivity contribution in [2.45, 2.75) is 0 Å². The summed E-state index contributed by atoms with van der Waals surface area (Å²) in [6, 6.07) is 12.6. The predicted molar refractivity (Wildman–Crippen MR) is 82.7 cm³/mol. The number of H-pyrrole nitrogens is 1. The van der Waals surface area contributed by atoms with E-state index in [9.17, 15) is 4.79 Å². The molecule has 0 saturated heterocycles. The Bertz CT molecular complexity index is 822. The number of ether oxygens (including phenoxy) is 3. The van der Waals surface area contributed by atoms with E-state index in [1.807, 2.05) is 30.3 Å². The number of esters is 1. The molecular formula is C17H15NO4. The van der Waals surface area contributed by atoms with E-state index in [-0.39, 0.29) is 5.97 Å². The molecule has 0 radical (unpaired) electrons. The van der Waals surface area contributed by atoms with Gasteiger partial charge in [0.2, 0.25) is 0 Å². The molecule has 0 aliphatic carbocycles. The van der Waals surface area contributed by atoms with Gasteiger partial charge in [-0.1, -0.05) is 6.07 Å². The Morgan fingerprint density at radius 3 is 2.64 bits per heavy atom. The van der Waals surface area contributed by atoms with Crippen molar-refractivity contribution in [2.24, 2.45) is 0 Å². The fourth-order valence-electron chi connectivity index (χ4n) is 2.22. The summed E-state index contributed by atoms with van der Waals surface area (Å²) < 4.78 is 15.8. The molecule has 2 aromatic carbocycles. The summed E-state index contributed by atoms with van der Waals surface area (Å²) in [5, 5.41) is 0.885. The molecule has 3 aromatic rings. The lowest BCUT2D eigenvalue weighted by molar-refractivity contribution is 0.0601. The SMILES string of the molecule is COC(=O)c1ccc2c(Oc3cccc(OC)c3)c[nH]c2c1. The molecule has 0 fully saturated rings. The molecule has 0 atom stereocenters. The molecule has 0 amide bonds. The molecule has 1 N–H and O–H groups in total. The molecule has 0 unspecified atom stereocenters. The lowest BCUT2D eigenvalue weighted by Crippen LogP contribution is -2.00. The molecule has 5 heteroatoms. The smallest absolute Gasteiger partial charge is 0.337 e. The molecule has 22 heavy (non-hydrogen) atoms. The first-order valence-corrected chi connectivity index (χ1v) is 6.72. The van der Waals surface area contributed by atoms with Gasteiger partial charge in [0.25, 0.3) is 0 Å². The third kappa shape index (κ3) is 2.61. The average molecular weight is 297 g/mol. The van der Waals surface area contributed by atoms with E-state index in [1.165, 1.54) is 7.11 Å². The van der Waals surface area contributed by atoms with Gasteiger partial charge in [0, 0.05) is 17.6 Å². The van der Waals surface area contributed by atoms with E-state index in [1.54, 1.807) is 25.4 Å². The van der Waals surface area contributed by atoms with Crippen LogP contribution >= 0.6 is 0 Å². The third-order valence-corrected chi connectivity index (χ3v) is 3.33. The van der Waals surface area contributed by atoms with Gasteiger partial charge in [-0.15, -0.1) is 0 Å². The number of methoxy groups -OCH3 is 2. The van der Waals surface area contributed by atoms with Crippen LogP contribution in [0.25, 0.3) is 10.9 Å². The van der Waals surface area contributed by atoms with Crippen LogP contribution in [0.5, 0.6) is 17.2 Å². The first-order valence-electron chi connectivity index (χ1n) is 6.72. The monoisotopic (exact) mass is 297 g/mol. The summed E-state index contributed by atoms with van der Waals surface area (Å²) in [7, 11) is 2.97. The average Bonchev–Trinajstić information content (AvgIpc) is 2.96. The van der Waals surface area contributed by atoms with Crippen LogP contribution in [0.15, 0.2) is 48.7 Å². The molecule has 0 bridgehead atoms. The molecule has 0 aliphatic rings. The summed E-state index contributed by atoms with van der Waals surface area (Å²) in [5.74, 6) is 1.72. The predicted octanol–water partition coefficient (Wildman–Crippen LogP) is 3.76. The summed E-state index contributed by atoms with van der Waals surface area (Å²) in [6.45, 7) is 0. The van der Waals surface area contributed by atoms with Gasteiger partial charge in [-0.3, -0.25) is 0 Å². The number of benzene rings is 2. The van der Waals surface area contributed by atoms with Crippen molar-refractivity contribution in [1.29, 1.82) is 0 Å². The first kappa shape index (κ1) is 14.0. The summed E-state index contributed by atoms with van der Waals surface area (Å²) in [6.07, 6.45) is 1.76. The quantitative estimate of drug-likeness (QED) is 0.745. The first-order chi connectivity index (χ1) is 10.7. The Labute approximate surface area is 127 Å². The highest BCUT2D eigenvalue weighted by atomic mass is 16.5. The van der Waals surface area contributed by atoms with Crippen molar-refractivity contribution in [3.05, 3.63) is 54.2 Å². The van der Waals surface area contributed by atoms with Crippen molar-refractivity contribution >= 4 is 16.9 Å². The zero-order chi connectivity index (χ0) is 15.5. The Kier molecular flexibility index (Phi) is 3.70. The van der Waals surface area contributed by atoms with E-state index in [2.05, 4.69) is 4.98 Å². The highest BCUT2D eigenvalue weighted by Gasteiger charge is 2.11. The maximum absolute atomic E-state index is 11.5. The van der Waals surface area contributed by atoms with Crippen LogP contribution in [0, 0.1) is 0 Å². The van der Waals surface area contributed by atoms with E-state index >= 15 is 0 Å². The number of hydrogen-bond acceptors (Lipinski definition) is 4. The van der Waals surface area contributed by atoms with Gasteiger partial charge in [0.15, 0.2) is 5.75 Å². The molecule has 0 aliphatic heterocycles. The zero-order valence-electron chi connectivity index (χ0n) is 12.3. The molecule has 1 aromatic heterocycles. The minimum Gasteiger partial charge on any atom is -0.497 e. The van der Waals surface area contributed by atoms with E-state index < -0.39 is 0 Å². The molecule has 3 rings (SSSR count). The lowest BCUT2D eigenvalue weighted by Gasteiger charge is -2.06. The molecule has 112 valence electrons. The minimum atomic E-state index is -0.369. The Morgan fingerprint density at radius 2 is 1.86 bits per heavy atom. The summed E-state index contributed by atoms with van der Waals surface area (Å²) in [5.41, 5.74) is 1.30. The Morgan fingerprint density at radius 1 is 1.05 bits per heavy atom. The summed E-state index contributed by atoms with van der Waals surface area (Å²) in [4.78, 5) is 14.6. The summed E-state index contributed by atoms with van der Waals surface area (Å²) >= 11 is 0. The number of carbonyl (C=O) groups excluding carboxylic acids is 1. The van der Waals surface area contributed by atoms with E-state index in [0.717, 1.165) is 16.7 Å². The highest BCUT2D eigenvalue weighted by Crippen LogP contribution is 2.31. The van der Waals surface area contributed by atoms with Crippen molar-refractivity contribution in [3.63, 3.8) is 0 Å². The van der Waals surface area contributed by atoms with Crippen molar-refractivity contribution in [1.82, 2.24) is 4.98 Å². The lowest BCUT2D eigenvalue weighted by atomic mass is 10.1. The Hall–Kier alpha value is -2.95. The second kappa shape index (κ2) is 5.81. The largest absolute Gasteiger partial charge is 0.497 e. The fraction of sp³-hybridized carbons (Fsp3) is 0.118. The van der Waals surface area contributed by atoms with Gasteiger partial charge >= 0.3 is 5.97 Å². The number of nitrogens with one attached hydrogen (secondary N) is 1. The topological polar surface area (TPSA) is 60.6 Å². The molecule has 1 heterocycles. The number of aromatic amines is 1. The second-order valence-electron chi connectivity index (χ2n) is 4.69. The van der Waals surface area contributed by atoms with Crippen LogP contribution < -0.4 is 9.47 Å². The van der Waals surface area contributed by atoms with Gasteiger partial charge in [-0.25, -0.2) is 4.79 Å². The maximum atomic E-state index is 11.5. The van der Waals surface area contributed by atoms with Crippen LogP contribution in [-0.4, -0.2) is 25.2 Å². The van der Waals surface area contributed by atoms with Gasteiger partial charge in [0.1, 0.15) is 11.5 Å². The maximum Gasteiger partial charge on any atom is 0.337 e. The van der Waals surface area contributed by atoms with Crippen LogP contribution in [0.2, 0.25) is 0 Å². The number of rotatable bonds is 4. The minimum absolute atomic E-state index is 0.369. The van der Waals surface area contributed by atoms with E-state index in [4.69, 9.17) is 14.2 Å². The third-order valence-electron chi connectivity index (χ3n) is 3.33. The number of aromatic nitrogens is 1. The van der Waals surface area contributed by atoms with Crippen LogP contribution in [-0.2, 0) is 4.74 Å². The van der Waals surface area contributed by atoms with Crippen LogP contribution in [0.1, 0.15) is 10.4 Å². The second-order valence-corrected chi connectivity index (χ2v) is 4.69. The molecular weight excluding hydrogens is 282 g/mol. The zero-order valence-corrected chi connectivity index (χ0v) is 12.3. The number of carbonyl (C=O) groups is 1. The van der Waals surface area contributed by atoms with E-state index in [0.29, 0.717) is 17.1 Å². The van der Waals surface area contributed by atoms with Crippen molar-refractivity contribution in [3.8, 4) is 17.2 Å². The van der Waals surface area contributed by atoms with Gasteiger partial charge in [-0.05, 0) is 30.3 Å².